The zero-order valence-corrected chi connectivity index (χ0v) is 11.9. The van der Waals surface area contributed by atoms with E-state index in [2.05, 4.69) is 15.5 Å². The third-order valence-electron chi connectivity index (χ3n) is 3.57. The maximum Gasteiger partial charge on any atom is 0.451 e. The lowest BCUT2D eigenvalue weighted by molar-refractivity contribution is -0.148. The molecule has 0 saturated heterocycles. The second kappa shape index (κ2) is 6.00. The van der Waals surface area contributed by atoms with Crippen molar-refractivity contribution in [1.82, 2.24) is 25.0 Å². The lowest BCUT2D eigenvalue weighted by atomic mass is 10.2. The standard InChI is InChI=1S/C12H18F3N5O/c1-3-8(2)16-6-10(21)19-4-5-20-9(7-19)17-18-11(20)12(13,14)15/h8,16H,3-7H2,1-2H3. The molecular weight excluding hydrogens is 287 g/mol. The minimum Gasteiger partial charge on any atom is -0.332 e. The van der Waals surface area contributed by atoms with Crippen LogP contribution >= 0.6 is 0 Å². The summed E-state index contributed by atoms with van der Waals surface area (Å²) in [5.74, 6) is -0.967. The Hall–Kier alpha value is -1.64. The predicted molar refractivity (Wildman–Crippen MR) is 68.2 cm³/mol. The highest BCUT2D eigenvalue weighted by Crippen LogP contribution is 2.29. The second-order valence-electron chi connectivity index (χ2n) is 5.09. The normalized spacial score (nSPS) is 16.7. The van der Waals surface area contributed by atoms with Gasteiger partial charge in [-0.05, 0) is 13.3 Å². The van der Waals surface area contributed by atoms with Gasteiger partial charge in [0.25, 0.3) is 0 Å². The molecule has 1 aliphatic rings. The molecule has 0 aliphatic carbocycles. The first-order valence-electron chi connectivity index (χ1n) is 6.83. The number of halogens is 3. The maximum absolute atomic E-state index is 12.7. The Morgan fingerprint density at radius 2 is 2.10 bits per heavy atom. The molecule has 9 heteroatoms. The van der Waals surface area contributed by atoms with Gasteiger partial charge < -0.3 is 14.8 Å². The molecule has 6 nitrogen and oxygen atoms in total. The van der Waals surface area contributed by atoms with Crippen LogP contribution in [0.1, 0.15) is 31.9 Å². The smallest absolute Gasteiger partial charge is 0.332 e. The van der Waals surface area contributed by atoms with Crippen LogP contribution in [0.25, 0.3) is 0 Å². The molecule has 0 fully saturated rings. The highest BCUT2D eigenvalue weighted by atomic mass is 19.4. The van der Waals surface area contributed by atoms with E-state index in [0.29, 0.717) is 0 Å². The molecule has 1 atom stereocenters. The summed E-state index contributed by atoms with van der Waals surface area (Å²) in [6, 6.07) is 0.222. The fraction of sp³-hybridized carbons (Fsp3) is 0.750. The summed E-state index contributed by atoms with van der Waals surface area (Å²) in [7, 11) is 0. The molecule has 1 aliphatic heterocycles. The number of carbonyl (C=O) groups is 1. The quantitative estimate of drug-likeness (QED) is 0.902. The summed E-state index contributed by atoms with van der Waals surface area (Å²) >= 11 is 0. The Labute approximate surface area is 120 Å². The van der Waals surface area contributed by atoms with Crippen molar-refractivity contribution in [2.75, 3.05) is 13.1 Å². The van der Waals surface area contributed by atoms with E-state index in [1.165, 1.54) is 4.90 Å². The SMILES string of the molecule is CCC(C)NCC(=O)N1CCn2c(nnc2C(F)(F)F)C1. The molecule has 21 heavy (non-hydrogen) atoms. The average molecular weight is 305 g/mol. The zero-order chi connectivity index (χ0) is 15.6. The monoisotopic (exact) mass is 305 g/mol. The van der Waals surface area contributed by atoms with Gasteiger partial charge in [-0.1, -0.05) is 6.92 Å². The lowest BCUT2D eigenvalue weighted by Gasteiger charge is -2.28. The Kier molecular flexibility index (Phi) is 4.50. The number of nitrogens with zero attached hydrogens (tertiary/aromatic N) is 4. The molecule has 0 radical (unpaired) electrons. The summed E-state index contributed by atoms with van der Waals surface area (Å²) in [4.78, 5) is 13.5. The zero-order valence-electron chi connectivity index (χ0n) is 11.9. The predicted octanol–water partition coefficient (Wildman–Crippen LogP) is 1.03. The van der Waals surface area contributed by atoms with E-state index in [-0.39, 0.29) is 44.0 Å². The van der Waals surface area contributed by atoms with Crippen molar-refractivity contribution < 1.29 is 18.0 Å². The van der Waals surface area contributed by atoms with Crippen molar-refractivity contribution in [3.63, 3.8) is 0 Å². The van der Waals surface area contributed by atoms with E-state index in [1.54, 1.807) is 0 Å². The maximum atomic E-state index is 12.7. The van der Waals surface area contributed by atoms with Crippen molar-refractivity contribution >= 4 is 5.91 Å². The number of amides is 1. The largest absolute Gasteiger partial charge is 0.451 e. The van der Waals surface area contributed by atoms with E-state index < -0.39 is 12.0 Å². The van der Waals surface area contributed by atoms with Crippen molar-refractivity contribution in [2.45, 2.75) is 45.6 Å². The van der Waals surface area contributed by atoms with Gasteiger partial charge in [-0.15, -0.1) is 10.2 Å². The minimum absolute atomic E-state index is 0.0596. The second-order valence-corrected chi connectivity index (χ2v) is 5.09. The van der Waals surface area contributed by atoms with Crippen LogP contribution in [0, 0.1) is 0 Å². The molecule has 2 rings (SSSR count). The van der Waals surface area contributed by atoms with Crippen molar-refractivity contribution in [3.8, 4) is 0 Å². The fourth-order valence-corrected chi connectivity index (χ4v) is 2.10. The van der Waals surface area contributed by atoms with Crippen LogP contribution < -0.4 is 5.32 Å². The van der Waals surface area contributed by atoms with Crippen LogP contribution in [0.3, 0.4) is 0 Å². The Balaban J connectivity index is 2.00. The Morgan fingerprint density at radius 1 is 1.38 bits per heavy atom. The summed E-state index contributed by atoms with van der Waals surface area (Å²) in [6.07, 6.45) is -3.62. The van der Waals surface area contributed by atoms with Gasteiger partial charge in [-0.3, -0.25) is 4.79 Å². The molecule has 0 bridgehead atoms. The van der Waals surface area contributed by atoms with E-state index in [1.807, 2.05) is 13.8 Å². The summed E-state index contributed by atoms with van der Waals surface area (Å²) in [6.45, 7) is 4.50. The molecular formula is C12H18F3N5O. The van der Waals surface area contributed by atoms with Gasteiger partial charge in [0.2, 0.25) is 11.7 Å². The molecule has 0 spiro atoms. The van der Waals surface area contributed by atoms with Gasteiger partial charge in [0, 0.05) is 19.1 Å². The first kappa shape index (κ1) is 15.7. The van der Waals surface area contributed by atoms with Crippen LogP contribution in [0.5, 0.6) is 0 Å². The van der Waals surface area contributed by atoms with Gasteiger partial charge in [0.05, 0.1) is 13.1 Å². The van der Waals surface area contributed by atoms with E-state index >= 15 is 0 Å². The molecule has 1 amide bonds. The molecule has 118 valence electrons. The van der Waals surface area contributed by atoms with Crippen molar-refractivity contribution in [1.29, 1.82) is 0 Å². The topological polar surface area (TPSA) is 63.1 Å². The number of carbonyl (C=O) groups excluding carboxylic acids is 1. The number of rotatable bonds is 4. The lowest BCUT2D eigenvalue weighted by Crippen LogP contribution is -2.44. The van der Waals surface area contributed by atoms with Gasteiger partial charge in [0.15, 0.2) is 5.82 Å². The summed E-state index contributed by atoms with van der Waals surface area (Å²) in [5, 5.41) is 9.80. The van der Waals surface area contributed by atoms with Crippen molar-refractivity contribution in [3.05, 3.63) is 11.6 Å². The van der Waals surface area contributed by atoms with Crippen LogP contribution in [0.2, 0.25) is 0 Å². The number of aromatic nitrogens is 3. The highest BCUT2D eigenvalue weighted by Gasteiger charge is 2.39. The van der Waals surface area contributed by atoms with Crippen LogP contribution in [0.4, 0.5) is 13.2 Å². The third-order valence-corrected chi connectivity index (χ3v) is 3.57. The molecule has 2 heterocycles. The van der Waals surface area contributed by atoms with E-state index in [0.717, 1.165) is 11.0 Å². The number of nitrogens with one attached hydrogen (secondary N) is 1. The molecule has 1 N–H and O–H groups in total. The van der Waals surface area contributed by atoms with Crippen LogP contribution in [0.15, 0.2) is 0 Å². The molecule has 1 aromatic heterocycles. The molecule has 0 saturated carbocycles. The summed E-state index contributed by atoms with van der Waals surface area (Å²) in [5.41, 5.74) is 0. The third kappa shape index (κ3) is 3.52. The van der Waals surface area contributed by atoms with Gasteiger partial charge in [0.1, 0.15) is 0 Å². The van der Waals surface area contributed by atoms with E-state index in [4.69, 9.17) is 0 Å². The Morgan fingerprint density at radius 3 is 2.71 bits per heavy atom. The number of alkyl halides is 3. The Bertz CT molecular complexity index is 513. The summed E-state index contributed by atoms with van der Waals surface area (Å²) < 4.78 is 39.1. The first-order chi connectivity index (χ1) is 9.82. The fourth-order valence-electron chi connectivity index (χ4n) is 2.10. The molecule has 1 aromatic rings. The average Bonchev–Trinajstić information content (AvgIpc) is 2.87. The van der Waals surface area contributed by atoms with Gasteiger partial charge >= 0.3 is 6.18 Å². The van der Waals surface area contributed by atoms with Gasteiger partial charge in [-0.25, -0.2) is 0 Å². The number of fused-ring (bicyclic) bond motifs is 1. The van der Waals surface area contributed by atoms with E-state index in [9.17, 15) is 18.0 Å². The van der Waals surface area contributed by atoms with Gasteiger partial charge in [-0.2, -0.15) is 13.2 Å². The first-order valence-corrected chi connectivity index (χ1v) is 6.83. The number of hydrogen-bond acceptors (Lipinski definition) is 4. The van der Waals surface area contributed by atoms with Crippen LogP contribution in [-0.4, -0.2) is 44.7 Å². The molecule has 0 aromatic carbocycles. The van der Waals surface area contributed by atoms with Crippen LogP contribution in [-0.2, 0) is 24.1 Å². The van der Waals surface area contributed by atoms with Crippen molar-refractivity contribution in [2.24, 2.45) is 0 Å². The molecule has 1 unspecified atom stereocenters. The number of hydrogen-bond donors (Lipinski definition) is 1. The highest BCUT2D eigenvalue weighted by molar-refractivity contribution is 5.78. The minimum atomic E-state index is -4.52.